The van der Waals surface area contributed by atoms with E-state index in [1.807, 2.05) is 36.4 Å². The number of hydrogen-bond acceptors (Lipinski definition) is 2. The first-order valence-corrected chi connectivity index (χ1v) is 15.9. The number of rotatable bonds is 4. The van der Waals surface area contributed by atoms with Crippen molar-refractivity contribution in [2.24, 2.45) is 0 Å². The first-order chi connectivity index (χ1) is 23.7. The van der Waals surface area contributed by atoms with Gasteiger partial charge in [-0.2, -0.15) is 10.5 Å². The molecule has 0 amide bonds. The average Bonchev–Trinajstić information content (AvgIpc) is 3.67. The number of hydrogen-bond donors (Lipinski definition) is 0. The quantitative estimate of drug-likeness (QED) is 0.199. The highest BCUT2D eigenvalue weighted by Crippen LogP contribution is 2.38. The second-order valence-corrected chi connectivity index (χ2v) is 12.0. The molecule has 0 aliphatic rings. The van der Waals surface area contributed by atoms with Crippen molar-refractivity contribution >= 4 is 43.6 Å². The standard InChI is InChI=1S/C44H26N4/c45-27-29-17-23-43-39(24-29)38-12-3-4-13-40(38)47(43)34-20-18-31(19-21-34)32-8-7-9-33(26-32)35-22-16-30(28-46)25-44(35)48-41-14-5-1-10-36(41)37-11-2-6-15-42(37)48/h1-26H. The van der Waals surface area contributed by atoms with Crippen molar-refractivity contribution in [1.82, 2.24) is 9.13 Å². The van der Waals surface area contributed by atoms with E-state index in [9.17, 15) is 10.5 Å². The molecule has 0 aliphatic heterocycles. The minimum atomic E-state index is 0.622. The van der Waals surface area contributed by atoms with Gasteiger partial charge in [0.1, 0.15) is 0 Å². The fourth-order valence-corrected chi connectivity index (χ4v) is 7.20. The van der Waals surface area contributed by atoms with Crippen LogP contribution in [0.15, 0.2) is 158 Å². The number of benzene rings is 7. The van der Waals surface area contributed by atoms with Crippen LogP contribution in [0.2, 0.25) is 0 Å². The molecule has 0 unspecified atom stereocenters. The Labute approximate surface area is 277 Å². The maximum absolute atomic E-state index is 9.90. The van der Waals surface area contributed by atoms with Gasteiger partial charge in [0, 0.05) is 32.8 Å². The summed E-state index contributed by atoms with van der Waals surface area (Å²) in [4.78, 5) is 0. The molecule has 2 heterocycles. The van der Waals surface area contributed by atoms with Crippen molar-refractivity contribution in [3.8, 4) is 45.8 Å². The molecule has 0 atom stereocenters. The van der Waals surface area contributed by atoms with Crippen LogP contribution in [-0.2, 0) is 0 Å². The van der Waals surface area contributed by atoms with Gasteiger partial charge in [-0.15, -0.1) is 0 Å². The van der Waals surface area contributed by atoms with Crippen molar-refractivity contribution in [2.45, 2.75) is 0 Å². The fourth-order valence-electron chi connectivity index (χ4n) is 7.20. The van der Waals surface area contributed by atoms with Gasteiger partial charge in [-0.1, -0.05) is 91.0 Å². The normalized spacial score (nSPS) is 11.3. The Morgan fingerprint density at radius 3 is 1.58 bits per heavy atom. The number of nitriles is 2. The zero-order chi connectivity index (χ0) is 32.2. The molecule has 4 heteroatoms. The lowest BCUT2D eigenvalue weighted by Crippen LogP contribution is -1.98. The molecule has 0 fully saturated rings. The maximum atomic E-state index is 9.90. The van der Waals surface area contributed by atoms with Gasteiger partial charge in [0.25, 0.3) is 0 Å². The second-order valence-electron chi connectivity index (χ2n) is 12.0. The van der Waals surface area contributed by atoms with E-state index >= 15 is 0 Å². The summed E-state index contributed by atoms with van der Waals surface area (Å²) in [5, 5.41) is 24.0. The topological polar surface area (TPSA) is 57.4 Å². The van der Waals surface area contributed by atoms with Gasteiger partial charge in [-0.25, -0.2) is 0 Å². The molecule has 0 N–H and O–H groups in total. The van der Waals surface area contributed by atoms with Crippen LogP contribution in [0.3, 0.4) is 0 Å². The van der Waals surface area contributed by atoms with E-state index in [1.54, 1.807) is 0 Å². The predicted octanol–water partition coefficient (Wildman–Crippen LogP) is 11.0. The van der Waals surface area contributed by atoms with E-state index in [0.717, 1.165) is 66.5 Å². The Kier molecular flexibility index (Phi) is 6.22. The SMILES string of the molecule is N#Cc1ccc(-c2cccc(-c3ccc(-n4c5ccccc5c5cc(C#N)ccc54)cc3)c2)c(-n2c3ccccc3c3ccccc32)c1. The van der Waals surface area contributed by atoms with Crippen LogP contribution < -0.4 is 0 Å². The van der Waals surface area contributed by atoms with Crippen LogP contribution in [-0.4, -0.2) is 9.13 Å². The Hall–Kier alpha value is -6.88. The summed E-state index contributed by atoms with van der Waals surface area (Å²) in [6.45, 7) is 0. The zero-order valence-corrected chi connectivity index (χ0v) is 25.8. The van der Waals surface area contributed by atoms with Crippen LogP contribution in [0.25, 0.3) is 77.2 Å². The minimum absolute atomic E-state index is 0.622. The molecule has 4 nitrogen and oxygen atoms in total. The van der Waals surface area contributed by atoms with Gasteiger partial charge in [-0.3, -0.25) is 0 Å². The third-order valence-electron chi connectivity index (χ3n) is 9.38. The number of nitrogens with zero attached hydrogens (tertiary/aromatic N) is 4. The largest absolute Gasteiger partial charge is 0.309 e. The summed E-state index contributed by atoms with van der Waals surface area (Å²) in [6.07, 6.45) is 0. The predicted molar refractivity (Wildman–Crippen MR) is 195 cm³/mol. The molecule has 0 radical (unpaired) electrons. The van der Waals surface area contributed by atoms with E-state index in [-0.39, 0.29) is 0 Å². The smallest absolute Gasteiger partial charge is 0.0992 e. The summed E-state index contributed by atoms with van der Waals surface area (Å²) in [7, 11) is 0. The maximum Gasteiger partial charge on any atom is 0.0992 e. The summed E-state index contributed by atoms with van der Waals surface area (Å²) in [6, 6.07) is 59.1. The Bertz CT molecular complexity index is 2750. The third-order valence-corrected chi connectivity index (χ3v) is 9.38. The molecule has 7 aromatic carbocycles. The first-order valence-electron chi connectivity index (χ1n) is 15.9. The van der Waals surface area contributed by atoms with Gasteiger partial charge < -0.3 is 9.13 Å². The van der Waals surface area contributed by atoms with E-state index in [4.69, 9.17) is 0 Å². The van der Waals surface area contributed by atoms with E-state index in [2.05, 4.69) is 143 Å². The highest BCUT2D eigenvalue weighted by Gasteiger charge is 2.17. The molecule has 0 aliphatic carbocycles. The van der Waals surface area contributed by atoms with Crippen molar-refractivity contribution in [3.63, 3.8) is 0 Å². The van der Waals surface area contributed by atoms with Gasteiger partial charge in [-0.05, 0) is 83.4 Å². The van der Waals surface area contributed by atoms with Crippen molar-refractivity contribution in [2.75, 3.05) is 0 Å². The molecule has 222 valence electrons. The molecule has 9 aromatic rings. The van der Waals surface area contributed by atoms with Crippen LogP contribution in [0.5, 0.6) is 0 Å². The summed E-state index contributed by atoms with van der Waals surface area (Å²) >= 11 is 0. The second kappa shape index (κ2) is 10.9. The lowest BCUT2D eigenvalue weighted by Gasteiger charge is -2.15. The summed E-state index contributed by atoms with van der Waals surface area (Å²) in [5.74, 6) is 0. The highest BCUT2D eigenvalue weighted by atomic mass is 15.0. The molecule has 2 aromatic heterocycles. The van der Waals surface area contributed by atoms with Crippen molar-refractivity contribution in [1.29, 1.82) is 10.5 Å². The number of fused-ring (bicyclic) bond motifs is 6. The Balaban J connectivity index is 1.16. The van der Waals surface area contributed by atoms with Gasteiger partial charge in [0.15, 0.2) is 0 Å². The van der Waals surface area contributed by atoms with E-state index < -0.39 is 0 Å². The first kappa shape index (κ1) is 27.4. The van der Waals surface area contributed by atoms with Gasteiger partial charge in [0.05, 0.1) is 51.0 Å². The van der Waals surface area contributed by atoms with E-state index in [1.165, 1.54) is 10.8 Å². The van der Waals surface area contributed by atoms with Crippen molar-refractivity contribution in [3.05, 3.63) is 169 Å². The number of para-hydroxylation sites is 3. The zero-order valence-electron chi connectivity index (χ0n) is 25.8. The molecular weight excluding hydrogens is 585 g/mol. The molecular formula is C44H26N4. The van der Waals surface area contributed by atoms with Crippen LogP contribution in [0.1, 0.15) is 11.1 Å². The molecule has 0 bridgehead atoms. The lowest BCUT2D eigenvalue weighted by atomic mass is 9.96. The number of aromatic nitrogens is 2. The third kappa shape index (κ3) is 4.22. The Morgan fingerprint density at radius 2 is 0.917 bits per heavy atom. The van der Waals surface area contributed by atoms with Crippen LogP contribution >= 0.6 is 0 Å². The van der Waals surface area contributed by atoms with Crippen LogP contribution in [0, 0.1) is 22.7 Å². The van der Waals surface area contributed by atoms with Crippen molar-refractivity contribution < 1.29 is 0 Å². The minimum Gasteiger partial charge on any atom is -0.309 e. The molecule has 48 heavy (non-hydrogen) atoms. The summed E-state index contributed by atoms with van der Waals surface area (Å²) < 4.78 is 4.55. The Morgan fingerprint density at radius 1 is 0.375 bits per heavy atom. The van der Waals surface area contributed by atoms with Gasteiger partial charge in [0.2, 0.25) is 0 Å². The van der Waals surface area contributed by atoms with Crippen LogP contribution in [0.4, 0.5) is 0 Å². The fraction of sp³-hybridized carbons (Fsp3) is 0. The average molecular weight is 611 g/mol. The monoisotopic (exact) mass is 610 g/mol. The summed E-state index contributed by atoms with van der Waals surface area (Å²) in [5.41, 5.74) is 12.1. The molecule has 9 rings (SSSR count). The lowest BCUT2D eigenvalue weighted by molar-refractivity contribution is 1.18. The molecule has 0 saturated heterocycles. The van der Waals surface area contributed by atoms with E-state index in [0.29, 0.717) is 11.1 Å². The van der Waals surface area contributed by atoms with Gasteiger partial charge >= 0.3 is 0 Å². The highest BCUT2D eigenvalue weighted by molar-refractivity contribution is 6.10. The molecule has 0 spiro atoms. The molecule has 0 saturated carbocycles.